The Kier molecular flexibility index (Phi) is 5.10. The molecule has 0 aliphatic carbocycles. The molecule has 1 aromatic carbocycles. The van der Waals surface area contributed by atoms with Gasteiger partial charge in [-0.05, 0) is 55.5 Å². The molecule has 1 aliphatic heterocycles. The Hall–Kier alpha value is -3.43. The van der Waals surface area contributed by atoms with E-state index in [1.807, 2.05) is 39.0 Å². The van der Waals surface area contributed by atoms with Crippen molar-refractivity contribution in [3.8, 4) is 11.5 Å². The lowest BCUT2D eigenvalue weighted by molar-refractivity contribution is -0.0357. The predicted octanol–water partition coefficient (Wildman–Crippen LogP) is 3.52. The van der Waals surface area contributed by atoms with E-state index in [9.17, 15) is 14.7 Å². The minimum absolute atomic E-state index is 0.0999. The van der Waals surface area contributed by atoms with Crippen molar-refractivity contribution in [1.29, 1.82) is 0 Å². The van der Waals surface area contributed by atoms with Crippen LogP contribution in [0.4, 0.5) is 0 Å². The van der Waals surface area contributed by atoms with Crippen LogP contribution in [0, 0.1) is 13.8 Å². The molecule has 2 atom stereocenters. The molecule has 0 unspecified atom stereocenters. The normalized spacial score (nSPS) is 17.9. The van der Waals surface area contributed by atoms with Gasteiger partial charge in [-0.1, -0.05) is 0 Å². The third-order valence-corrected chi connectivity index (χ3v) is 7.64. The van der Waals surface area contributed by atoms with Crippen LogP contribution in [0.25, 0.3) is 15.6 Å². The van der Waals surface area contributed by atoms with Crippen molar-refractivity contribution in [3.63, 3.8) is 0 Å². The zero-order chi connectivity index (χ0) is 23.4. The van der Waals surface area contributed by atoms with E-state index in [-0.39, 0.29) is 17.9 Å². The van der Waals surface area contributed by atoms with Crippen LogP contribution in [0.2, 0.25) is 0 Å². The number of rotatable bonds is 4. The molecule has 0 saturated carbocycles. The second kappa shape index (κ2) is 7.86. The minimum Gasteiger partial charge on any atom is -0.455 e. The quantitative estimate of drug-likeness (QED) is 0.482. The highest BCUT2D eigenvalue weighted by Crippen LogP contribution is 2.36. The topological polar surface area (TPSA) is 96.2 Å². The van der Waals surface area contributed by atoms with E-state index in [0.717, 1.165) is 21.2 Å². The van der Waals surface area contributed by atoms with Crippen molar-refractivity contribution in [2.75, 3.05) is 13.6 Å². The maximum atomic E-state index is 13.0. The van der Waals surface area contributed by atoms with Crippen LogP contribution in [0.3, 0.4) is 0 Å². The number of aromatic nitrogens is 2. The molecule has 1 fully saturated rings. The van der Waals surface area contributed by atoms with Gasteiger partial charge in [-0.25, -0.2) is 4.52 Å². The average molecular weight is 465 g/mol. The number of aliphatic hydroxyl groups is 1. The van der Waals surface area contributed by atoms with Crippen molar-refractivity contribution in [2.45, 2.75) is 32.9 Å². The summed E-state index contributed by atoms with van der Waals surface area (Å²) in [5, 5.41) is 17.8. The Morgan fingerprint density at radius 1 is 1.24 bits per heavy atom. The average Bonchev–Trinajstić information content (AvgIpc) is 3.33. The number of hydrogen-bond donors (Lipinski definition) is 2. The Balaban J connectivity index is 1.50. The van der Waals surface area contributed by atoms with Crippen LogP contribution in [0.5, 0.6) is 11.5 Å². The monoisotopic (exact) mass is 464 g/mol. The fourth-order valence-electron chi connectivity index (χ4n) is 4.26. The van der Waals surface area contributed by atoms with E-state index in [4.69, 9.17) is 4.74 Å². The van der Waals surface area contributed by atoms with Gasteiger partial charge in [0.25, 0.3) is 11.8 Å². The lowest BCUT2D eigenvalue weighted by atomic mass is 9.99. The predicted molar refractivity (Wildman–Crippen MR) is 126 cm³/mol. The SMILES string of the molecule is CNC(=O)c1sc2cc(Oc3ccnn4cc(C(=O)N5C[C@@H](O)[C@H]5C)c(C)c34)ccc2c1C. The van der Waals surface area contributed by atoms with Crippen molar-refractivity contribution < 1.29 is 19.4 Å². The molecule has 33 heavy (non-hydrogen) atoms. The molecule has 8 nitrogen and oxygen atoms in total. The molecule has 0 bridgehead atoms. The molecular formula is C24H24N4O4S. The number of β-amino-alcohol motifs (C(OH)–C–C–N with tert-alkyl or cyclic N) is 1. The van der Waals surface area contributed by atoms with Crippen LogP contribution < -0.4 is 10.1 Å². The smallest absolute Gasteiger partial charge is 0.261 e. The number of amides is 2. The number of carbonyl (C=O) groups excluding carboxylic acids is 2. The van der Waals surface area contributed by atoms with Crippen LogP contribution >= 0.6 is 11.3 Å². The lowest BCUT2D eigenvalue weighted by Crippen LogP contribution is -2.60. The lowest BCUT2D eigenvalue weighted by Gasteiger charge is -2.43. The van der Waals surface area contributed by atoms with Gasteiger partial charge in [0.2, 0.25) is 0 Å². The second-order valence-electron chi connectivity index (χ2n) is 8.32. The number of aliphatic hydroxyl groups excluding tert-OH is 1. The van der Waals surface area contributed by atoms with Gasteiger partial charge in [0, 0.05) is 30.6 Å². The Morgan fingerprint density at radius 2 is 2.03 bits per heavy atom. The number of hydrogen-bond acceptors (Lipinski definition) is 6. The number of thiophene rings is 1. The highest BCUT2D eigenvalue weighted by molar-refractivity contribution is 7.21. The standard InChI is InChI=1S/C24H24N4O4S/c1-12-17(24(31)27-11-18(29)14(27)3)10-28-21(12)19(7-8-26-28)32-15-5-6-16-13(2)22(23(30)25-4)33-20(16)9-15/h5-10,14,18,29H,11H2,1-4H3,(H,25,30)/t14-,18-/m1/s1. The molecule has 0 radical (unpaired) electrons. The molecule has 1 aliphatic rings. The van der Waals surface area contributed by atoms with Crippen molar-refractivity contribution in [2.24, 2.45) is 0 Å². The van der Waals surface area contributed by atoms with E-state index in [0.29, 0.717) is 34.0 Å². The van der Waals surface area contributed by atoms with Gasteiger partial charge in [0.15, 0.2) is 5.75 Å². The van der Waals surface area contributed by atoms with Crippen molar-refractivity contribution in [1.82, 2.24) is 19.8 Å². The number of ether oxygens (including phenoxy) is 1. The number of nitrogens with zero attached hydrogens (tertiary/aromatic N) is 3. The van der Waals surface area contributed by atoms with E-state index in [2.05, 4.69) is 10.4 Å². The first kappa shape index (κ1) is 21.4. The van der Waals surface area contributed by atoms with Gasteiger partial charge in [0.05, 0.1) is 28.8 Å². The Labute approximate surface area is 194 Å². The first-order chi connectivity index (χ1) is 15.8. The third-order valence-electron chi connectivity index (χ3n) is 6.38. The summed E-state index contributed by atoms with van der Waals surface area (Å²) in [6, 6.07) is 7.32. The fourth-order valence-corrected chi connectivity index (χ4v) is 5.44. The van der Waals surface area contributed by atoms with Gasteiger partial charge in [-0.15, -0.1) is 11.3 Å². The van der Waals surface area contributed by atoms with Crippen LogP contribution in [-0.2, 0) is 0 Å². The number of fused-ring (bicyclic) bond motifs is 2. The minimum atomic E-state index is -0.483. The summed E-state index contributed by atoms with van der Waals surface area (Å²) >= 11 is 1.43. The molecule has 2 N–H and O–H groups in total. The maximum Gasteiger partial charge on any atom is 0.261 e. The van der Waals surface area contributed by atoms with Gasteiger partial charge < -0.3 is 20.1 Å². The van der Waals surface area contributed by atoms with Crippen LogP contribution in [0.1, 0.15) is 38.1 Å². The fraction of sp³-hybridized carbons (Fsp3) is 0.292. The zero-order valence-electron chi connectivity index (χ0n) is 18.7. The third kappa shape index (κ3) is 3.35. The molecule has 9 heteroatoms. The number of benzene rings is 1. The molecule has 5 rings (SSSR count). The number of likely N-dealkylation sites (tertiary alicyclic amines) is 1. The molecule has 170 valence electrons. The van der Waals surface area contributed by atoms with Crippen LogP contribution in [0.15, 0.2) is 36.7 Å². The summed E-state index contributed by atoms with van der Waals surface area (Å²) in [5.74, 6) is 0.988. The van der Waals surface area contributed by atoms with Gasteiger partial charge in [-0.3, -0.25) is 9.59 Å². The van der Waals surface area contributed by atoms with Crippen molar-refractivity contribution >= 4 is 38.8 Å². The van der Waals surface area contributed by atoms with Crippen molar-refractivity contribution in [3.05, 3.63) is 58.2 Å². The zero-order valence-corrected chi connectivity index (χ0v) is 19.6. The summed E-state index contributed by atoms with van der Waals surface area (Å²) in [7, 11) is 1.62. The summed E-state index contributed by atoms with van der Waals surface area (Å²) in [6.45, 7) is 5.99. The number of nitrogens with one attached hydrogen (secondary N) is 1. The first-order valence-electron chi connectivity index (χ1n) is 10.7. The number of carbonyl (C=O) groups is 2. The summed E-state index contributed by atoms with van der Waals surface area (Å²) in [6.07, 6.45) is 2.85. The number of aryl methyl sites for hydroxylation is 2. The largest absolute Gasteiger partial charge is 0.455 e. The van der Waals surface area contributed by atoms with E-state index >= 15 is 0 Å². The molecule has 3 aromatic heterocycles. The summed E-state index contributed by atoms with van der Waals surface area (Å²) in [4.78, 5) is 27.5. The van der Waals surface area contributed by atoms with E-state index < -0.39 is 6.10 Å². The Morgan fingerprint density at radius 3 is 2.73 bits per heavy atom. The van der Waals surface area contributed by atoms with Gasteiger partial charge in [-0.2, -0.15) is 5.10 Å². The summed E-state index contributed by atoms with van der Waals surface area (Å²) in [5.41, 5.74) is 2.97. The molecule has 4 aromatic rings. The second-order valence-corrected chi connectivity index (χ2v) is 9.37. The highest BCUT2D eigenvalue weighted by atomic mass is 32.1. The molecule has 0 spiro atoms. The Bertz CT molecular complexity index is 1420. The molecule has 4 heterocycles. The van der Waals surface area contributed by atoms with E-state index in [1.54, 1.807) is 34.9 Å². The molecule has 1 saturated heterocycles. The maximum absolute atomic E-state index is 13.0. The summed E-state index contributed by atoms with van der Waals surface area (Å²) < 4.78 is 8.84. The highest BCUT2D eigenvalue weighted by Gasteiger charge is 2.38. The molecular weight excluding hydrogens is 440 g/mol. The van der Waals surface area contributed by atoms with Gasteiger partial charge in [0.1, 0.15) is 11.3 Å². The first-order valence-corrected chi connectivity index (χ1v) is 11.5. The van der Waals surface area contributed by atoms with Crippen LogP contribution in [-0.4, -0.2) is 57.2 Å². The molecule has 2 amide bonds. The van der Waals surface area contributed by atoms with E-state index in [1.165, 1.54) is 11.3 Å². The van der Waals surface area contributed by atoms with Gasteiger partial charge >= 0.3 is 0 Å².